The number of anilines is 1. The zero-order valence-corrected chi connectivity index (χ0v) is 11.6. The fourth-order valence-electron chi connectivity index (χ4n) is 1.47. The topological polar surface area (TPSA) is 54.5 Å². The molecule has 0 saturated carbocycles. The van der Waals surface area contributed by atoms with E-state index in [0.717, 1.165) is 12.2 Å². The van der Waals surface area contributed by atoms with Crippen LogP contribution in [0.25, 0.3) is 0 Å². The summed E-state index contributed by atoms with van der Waals surface area (Å²) in [7, 11) is 3.94. The standard InChI is InChI=1S/C13H15N3O2S/c1-16(2)8-10-9-19-12(14-10)15-13(17)18-11-6-4-3-5-7-11/h3-7,9H,8H2,1-2H3,(H,14,15,17). The predicted octanol–water partition coefficient (Wildman–Crippen LogP) is 2.82. The van der Waals surface area contributed by atoms with E-state index in [0.29, 0.717) is 10.9 Å². The number of aromatic nitrogens is 1. The summed E-state index contributed by atoms with van der Waals surface area (Å²) < 4.78 is 5.11. The van der Waals surface area contributed by atoms with Gasteiger partial charge in [-0.05, 0) is 26.2 Å². The summed E-state index contributed by atoms with van der Waals surface area (Å²) in [5, 5.41) is 5.07. The van der Waals surface area contributed by atoms with E-state index in [1.807, 2.05) is 30.4 Å². The Bertz CT molecular complexity index is 540. The zero-order valence-electron chi connectivity index (χ0n) is 10.8. The number of thiazole rings is 1. The monoisotopic (exact) mass is 277 g/mol. The van der Waals surface area contributed by atoms with Crippen LogP contribution >= 0.6 is 11.3 Å². The van der Waals surface area contributed by atoms with Crippen molar-refractivity contribution in [2.24, 2.45) is 0 Å². The van der Waals surface area contributed by atoms with Gasteiger partial charge in [-0.15, -0.1) is 11.3 Å². The minimum absolute atomic E-state index is 0.505. The molecule has 19 heavy (non-hydrogen) atoms. The summed E-state index contributed by atoms with van der Waals surface area (Å²) >= 11 is 1.38. The van der Waals surface area contributed by atoms with Crippen LogP contribution in [-0.2, 0) is 6.54 Å². The van der Waals surface area contributed by atoms with Gasteiger partial charge in [-0.25, -0.2) is 9.78 Å². The van der Waals surface area contributed by atoms with Crippen LogP contribution in [0.2, 0.25) is 0 Å². The van der Waals surface area contributed by atoms with Crippen molar-refractivity contribution in [1.82, 2.24) is 9.88 Å². The number of benzene rings is 1. The van der Waals surface area contributed by atoms with E-state index in [4.69, 9.17) is 4.74 Å². The average molecular weight is 277 g/mol. The summed E-state index contributed by atoms with van der Waals surface area (Å²) in [5.74, 6) is 0.505. The van der Waals surface area contributed by atoms with E-state index in [1.54, 1.807) is 24.3 Å². The summed E-state index contributed by atoms with van der Waals surface area (Å²) in [4.78, 5) is 17.9. The number of carbonyl (C=O) groups is 1. The van der Waals surface area contributed by atoms with Crippen LogP contribution in [0.3, 0.4) is 0 Å². The summed E-state index contributed by atoms with van der Waals surface area (Å²) in [6.07, 6.45) is -0.531. The van der Waals surface area contributed by atoms with E-state index in [2.05, 4.69) is 10.3 Å². The smallest absolute Gasteiger partial charge is 0.410 e. The van der Waals surface area contributed by atoms with Gasteiger partial charge in [0.05, 0.1) is 5.69 Å². The number of nitrogens with one attached hydrogen (secondary N) is 1. The zero-order chi connectivity index (χ0) is 13.7. The van der Waals surface area contributed by atoms with E-state index >= 15 is 0 Å². The van der Waals surface area contributed by atoms with Crippen LogP contribution in [-0.4, -0.2) is 30.1 Å². The Labute approximate surface area is 115 Å². The normalized spacial score (nSPS) is 10.5. The van der Waals surface area contributed by atoms with Crippen LogP contribution in [0.1, 0.15) is 5.69 Å². The number of para-hydroxylation sites is 1. The van der Waals surface area contributed by atoms with Gasteiger partial charge in [-0.2, -0.15) is 0 Å². The lowest BCUT2D eigenvalue weighted by Gasteiger charge is -2.05. The number of hydrogen-bond acceptors (Lipinski definition) is 5. The van der Waals surface area contributed by atoms with Gasteiger partial charge in [0.1, 0.15) is 5.75 Å². The predicted molar refractivity (Wildman–Crippen MR) is 75.6 cm³/mol. The third-order valence-electron chi connectivity index (χ3n) is 2.19. The molecule has 6 heteroatoms. The molecule has 1 amide bonds. The van der Waals surface area contributed by atoms with Crippen molar-refractivity contribution in [1.29, 1.82) is 0 Å². The van der Waals surface area contributed by atoms with Crippen molar-refractivity contribution >= 4 is 22.6 Å². The maximum absolute atomic E-state index is 11.6. The van der Waals surface area contributed by atoms with Gasteiger partial charge in [0.2, 0.25) is 0 Å². The molecule has 0 spiro atoms. The minimum atomic E-state index is -0.531. The lowest BCUT2D eigenvalue weighted by atomic mass is 10.3. The highest BCUT2D eigenvalue weighted by atomic mass is 32.1. The molecule has 0 saturated heterocycles. The Morgan fingerprint density at radius 3 is 2.79 bits per heavy atom. The van der Waals surface area contributed by atoms with Crippen molar-refractivity contribution in [3.63, 3.8) is 0 Å². The first-order chi connectivity index (χ1) is 9.13. The third-order valence-corrected chi connectivity index (χ3v) is 3.00. The van der Waals surface area contributed by atoms with Gasteiger partial charge in [-0.3, -0.25) is 5.32 Å². The summed E-state index contributed by atoms with van der Waals surface area (Å²) in [6, 6.07) is 8.92. The molecule has 1 N–H and O–H groups in total. The minimum Gasteiger partial charge on any atom is -0.410 e. The highest BCUT2D eigenvalue weighted by Gasteiger charge is 2.08. The molecule has 0 atom stereocenters. The lowest BCUT2D eigenvalue weighted by molar-refractivity contribution is 0.215. The number of amides is 1. The molecule has 1 heterocycles. The number of carbonyl (C=O) groups excluding carboxylic acids is 1. The fourth-order valence-corrected chi connectivity index (χ4v) is 2.16. The van der Waals surface area contributed by atoms with Crippen LogP contribution in [0.4, 0.5) is 9.93 Å². The molecule has 0 unspecified atom stereocenters. The van der Waals surface area contributed by atoms with Crippen LogP contribution in [0.5, 0.6) is 5.75 Å². The van der Waals surface area contributed by atoms with Gasteiger partial charge >= 0.3 is 6.09 Å². The van der Waals surface area contributed by atoms with Crippen molar-refractivity contribution < 1.29 is 9.53 Å². The molecule has 1 aromatic carbocycles. The number of ether oxygens (including phenoxy) is 1. The van der Waals surface area contributed by atoms with E-state index in [-0.39, 0.29) is 0 Å². The van der Waals surface area contributed by atoms with Crippen molar-refractivity contribution in [3.8, 4) is 5.75 Å². The van der Waals surface area contributed by atoms with Crippen LogP contribution < -0.4 is 10.1 Å². The van der Waals surface area contributed by atoms with Crippen molar-refractivity contribution in [2.45, 2.75) is 6.54 Å². The maximum Gasteiger partial charge on any atom is 0.418 e. The third kappa shape index (κ3) is 4.35. The number of nitrogens with zero attached hydrogens (tertiary/aromatic N) is 2. The molecule has 0 radical (unpaired) electrons. The largest absolute Gasteiger partial charge is 0.418 e. The first-order valence-electron chi connectivity index (χ1n) is 5.76. The second-order valence-electron chi connectivity index (χ2n) is 4.21. The number of hydrogen-bond donors (Lipinski definition) is 1. The Morgan fingerprint density at radius 2 is 2.11 bits per heavy atom. The molecule has 100 valence electrons. The van der Waals surface area contributed by atoms with Gasteiger partial charge in [0.25, 0.3) is 0 Å². The van der Waals surface area contributed by atoms with Crippen LogP contribution in [0, 0.1) is 0 Å². The first-order valence-corrected chi connectivity index (χ1v) is 6.64. The Hall–Kier alpha value is -1.92. The first kappa shape index (κ1) is 13.5. The Morgan fingerprint density at radius 1 is 1.37 bits per heavy atom. The summed E-state index contributed by atoms with van der Waals surface area (Å²) in [6.45, 7) is 0.742. The van der Waals surface area contributed by atoms with Gasteiger partial charge in [0, 0.05) is 11.9 Å². The van der Waals surface area contributed by atoms with Crippen LogP contribution in [0.15, 0.2) is 35.7 Å². The summed E-state index contributed by atoms with van der Waals surface area (Å²) in [5.41, 5.74) is 0.921. The molecular weight excluding hydrogens is 262 g/mol. The molecule has 2 aromatic rings. The van der Waals surface area contributed by atoms with E-state index in [1.165, 1.54) is 11.3 Å². The number of rotatable bonds is 4. The fraction of sp³-hybridized carbons (Fsp3) is 0.231. The molecule has 5 nitrogen and oxygen atoms in total. The SMILES string of the molecule is CN(C)Cc1csc(NC(=O)Oc2ccccc2)n1. The lowest BCUT2D eigenvalue weighted by Crippen LogP contribution is -2.16. The Balaban J connectivity index is 1.90. The van der Waals surface area contributed by atoms with Crippen molar-refractivity contribution in [3.05, 3.63) is 41.4 Å². The molecule has 2 rings (SSSR count). The second kappa shape index (κ2) is 6.31. The average Bonchev–Trinajstić information content (AvgIpc) is 2.76. The van der Waals surface area contributed by atoms with Gasteiger partial charge in [0.15, 0.2) is 5.13 Å². The van der Waals surface area contributed by atoms with Crippen molar-refractivity contribution in [2.75, 3.05) is 19.4 Å². The highest BCUT2D eigenvalue weighted by molar-refractivity contribution is 7.13. The van der Waals surface area contributed by atoms with E-state index < -0.39 is 6.09 Å². The quantitative estimate of drug-likeness (QED) is 0.933. The molecule has 0 aliphatic rings. The highest BCUT2D eigenvalue weighted by Crippen LogP contribution is 2.17. The Kier molecular flexibility index (Phi) is 4.48. The molecule has 0 aliphatic heterocycles. The second-order valence-corrected chi connectivity index (χ2v) is 5.07. The van der Waals surface area contributed by atoms with Gasteiger partial charge < -0.3 is 9.64 Å². The van der Waals surface area contributed by atoms with E-state index in [9.17, 15) is 4.79 Å². The molecular formula is C13H15N3O2S. The van der Waals surface area contributed by atoms with Gasteiger partial charge in [-0.1, -0.05) is 18.2 Å². The molecule has 0 fully saturated rings. The maximum atomic E-state index is 11.6. The molecule has 0 bridgehead atoms. The molecule has 1 aromatic heterocycles. The molecule has 0 aliphatic carbocycles.